The zero-order chi connectivity index (χ0) is 12.3. The Labute approximate surface area is 102 Å². The first-order chi connectivity index (χ1) is 8.19. The molecular formula is C12H20N4O. The van der Waals surface area contributed by atoms with Gasteiger partial charge in [-0.1, -0.05) is 0 Å². The van der Waals surface area contributed by atoms with Crippen LogP contribution in [0, 0.1) is 6.92 Å². The molecule has 0 spiro atoms. The monoisotopic (exact) mass is 236 g/mol. The highest BCUT2D eigenvalue weighted by Gasteiger charge is 2.22. The van der Waals surface area contributed by atoms with Crippen molar-refractivity contribution in [2.45, 2.75) is 20.0 Å². The summed E-state index contributed by atoms with van der Waals surface area (Å²) in [6.45, 7) is 7.48. The summed E-state index contributed by atoms with van der Waals surface area (Å²) in [5, 5.41) is 3.22. The van der Waals surface area contributed by atoms with E-state index in [0.29, 0.717) is 0 Å². The van der Waals surface area contributed by atoms with Crippen LogP contribution in [0.15, 0.2) is 6.07 Å². The minimum Gasteiger partial charge on any atom is -0.370 e. The molecule has 1 aliphatic rings. The van der Waals surface area contributed by atoms with Gasteiger partial charge in [0, 0.05) is 31.4 Å². The summed E-state index contributed by atoms with van der Waals surface area (Å²) >= 11 is 0. The Morgan fingerprint density at radius 1 is 1.53 bits per heavy atom. The molecule has 0 aliphatic carbocycles. The van der Waals surface area contributed by atoms with Crippen LogP contribution in [-0.2, 0) is 4.74 Å². The Kier molecular flexibility index (Phi) is 3.91. The van der Waals surface area contributed by atoms with E-state index in [2.05, 4.69) is 34.2 Å². The standard InChI is InChI=1S/C12H20N4O/c1-4-13-11-7-9(2)14-12(15-11)10-8-16(3)5-6-17-10/h7,10H,4-6,8H2,1-3H3,(H,13,14,15). The number of anilines is 1. The van der Waals surface area contributed by atoms with Crippen LogP contribution >= 0.6 is 0 Å². The van der Waals surface area contributed by atoms with Crippen molar-refractivity contribution in [2.24, 2.45) is 0 Å². The molecule has 5 nitrogen and oxygen atoms in total. The lowest BCUT2D eigenvalue weighted by atomic mass is 10.2. The predicted octanol–water partition coefficient (Wildman–Crippen LogP) is 1.22. The van der Waals surface area contributed by atoms with Gasteiger partial charge in [-0.2, -0.15) is 0 Å². The normalized spacial score (nSPS) is 21.5. The summed E-state index contributed by atoms with van der Waals surface area (Å²) in [7, 11) is 2.09. The fourth-order valence-electron chi connectivity index (χ4n) is 1.94. The van der Waals surface area contributed by atoms with Crippen molar-refractivity contribution in [3.8, 4) is 0 Å². The number of morpholine rings is 1. The third-order valence-corrected chi connectivity index (χ3v) is 2.79. The zero-order valence-corrected chi connectivity index (χ0v) is 10.7. The van der Waals surface area contributed by atoms with Crippen LogP contribution in [-0.4, -0.2) is 48.2 Å². The SMILES string of the molecule is CCNc1cc(C)nc(C2CN(C)CCO2)n1. The zero-order valence-electron chi connectivity index (χ0n) is 10.7. The van der Waals surface area contributed by atoms with Gasteiger partial charge in [0.1, 0.15) is 11.9 Å². The summed E-state index contributed by atoms with van der Waals surface area (Å²) in [5.74, 6) is 1.67. The number of ether oxygens (including phenoxy) is 1. The van der Waals surface area contributed by atoms with Gasteiger partial charge in [-0.25, -0.2) is 9.97 Å². The van der Waals surface area contributed by atoms with Crippen molar-refractivity contribution < 1.29 is 4.74 Å². The highest BCUT2D eigenvalue weighted by molar-refractivity contribution is 5.35. The average molecular weight is 236 g/mol. The smallest absolute Gasteiger partial charge is 0.161 e. The topological polar surface area (TPSA) is 50.3 Å². The van der Waals surface area contributed by atoms with Gasteiger partial charge >= 0.3 is 0 Å². The van der Waals surface area contributed by atoms with Gasteiger partial charge < -0.3 is 15.0 Å². The van der Waals surface area contributed by atoms with Crippen molar-refractivity contribution in [3.05, 3.63) is 17.6 Å². The Balaban J connectivity index is 2.18. The largest absolute Gasteiger partial charge is 0.370 e. The predicted molar refractivity (Wildman–Crippen MR) is 67.1 cm³/mol. The fraction of sp³-hybridized carbons (Fsp3) is 0.667. The van der Waals surface area contributed by atoms with Gasteiger partial charge in [-0.15, -0.1) is 0 Å². The summed E-state index contributed by atoms with van der Waals surface area (Å²) in [6, 6.07) is 1.96. The molecule has 2 rings (SSSR count). The quantitative estimate of drug-likeness (QED) is 0.855. The van der Waals surface area contributed by atoms with E-state index in [1.807, 2.05) is 13.0 Å². The van der Waals surface area contributed by atoms with Gasteiger partial charge in [0.05, 0.1) is 6.61 Å². The van der Waals surface area contributed by atoms with Gasteiger partial charge in [0.25, 0.3) is 0 Å². The Bertz CT molecular complexity index is 383. The summed E-state index contributed by atoms with van der Waals surface area (Å²) < 4.78 is 5.73. The van der Waals surface area contributed by atoms with Crippen molar-refractivity contribution in [1.82, 2.24) is 14.9 Å². The second-order valence-electron chi connectivity index (χ2n) is 4.40. The number of hydrogen-bond acceptors (Lipinski definition) is 5. The minimum atomic E-state index is -0.00828. The molecule has 94 valence electrons. The molecule has 0 bridgehead atoms. The summed E-state index contributed by atoms with van der Waals surface area (Å²) in [6.07, 6.45) is -0.00828. The molecule has 0 radical (unpaired) electrons. The van der Waals surface area contributed by atoms with E-state index < -0.39 is 0 Å². The Hall–Kier alpha value is -1.20. The van der Waals surface area contributed by atoms with Crippen LogP contribution in [0.5, 0.6) is 0 Å². The number of rotatable bonds is 3. The molecular weight excluding hydrogens is 216 g/mol. The van der Waals surface area contributed by atoms with E-state index in [1.54, 1.807) is 0 Å². The first kappa shape index (κ1) is 12.3. The van der Waals surface area contributed by atoms with Crippen LogP contribution in [0.25, 0.3) is 0 Å². The van der Waals surface area contributed by atoms with E-state index in [0.717, 1.165) is 43.6 Å². The minimum absolute atomic E-state index is 0.00828. The lowest BCUT2D eigenvalue weighted by Gasteiger charge is -2.29. The maximum Gasteiger partial charge on any atom is 0.161 e. The van der Waals surface area contributed by atoms with Crippen molar-refractivity contribution in [2.75, 3.05) is 38.6 Å². The maximum absolute atomic E-state index is 5.73. The maximum atomic E-state index is 5.73. The van der Waals surface area contributed by atoms with Crippen LogP contribution in [0.4, 0.5) is 5.82 Å². The number of likely N-dealkylation sites (N-methyl/N-ethyl adjacent to an activating group) is 1. The fourth-order valence-corrected chi connectivity index (χ4v) is 1.94. The second kappa shape index (κ2) is 5.42. The van der Waals surface area contributed by atoms with E-state index in [4.69, 9.17) is 4.74 Å². The summed E-state index contributed by atoms with van der Waals surface area (Å²) in [5.41, 5.74) is 0.975. The number of hydrogen-bond donors (Lipinski definition) is 1. The summed E-state index contributed by atoms with van der Waals surface area (Å²) in [4.78, 5) is 11.2. The van der Waals surface area contributed by atoms with E-state index >= 15 is 0 Å². The molecule has 1 N–H and O–H groups in total. The van der Waals surface area contributed by atoms with Crippen molar-refractivity contribution in [3.63, 3.8) is 0 Å². The van der Waals surface area contributed by atoms with E-state index in [1.165, 1.54) is 0 Å². The van der Waals surface area contributed by atoms with Gasteiger partial charge in [-0.05, 0) is 20.9 Å². The number of aromatic nitrogens is 2. The molecule has 1 aromatic rings. The molecule has 1 fully saturated rings. The molecule has 0 amide bonds. The second-order valence-corrected chi connectivity index (χ2v) is 4.40. The van der Waals surface area contributed by atoms with Crippen molar-refractivity contribution in [1.29, 1.82) is 0 Å². The first-order valence-electron chi connectivity index (χ1n) is 6.08. The molecule has 2 heterocycles. The number of nitrogens with zero attached hydrogens (tertiary/aromatic N) is 3. The Morgan fingerprint density at radius 3 is 3.06 bits per heavy atom. The number of aryl methyl sites for hydroxylation is 1. The van der Waals surface area contributed by atoms with E-state index in [9.17, 15) is 0 Å². The van der Waals surface area contributed by atoms with Crippen LogP contribution < -0.4 is 5.32 Å². The molecule has 17 heavy (non-hydrogen) atoms. The van der Waals surface area contributed by atoms with E-state index in [-0.39, 0.29) is 6.10 Å². The highest BCUT2D eigenvalue weighted by atomic mass is 16.5. The van der Waals surface area contributed by atoms with Gasteiger partial charge in [0.15, 0.2) is 5.82 Å². The highest BCUT2D eigenvalue weighted by Crippen LogP contribution is 2.20. The molecule has 0 aromatic carbocycles. The molecule has 1 saturated heterocycles. The average Bonchev–Trinajstić information content (AvgIpc) is 2.28. The van der Waals surface area contributed by atoms with Crippen molar-refractivity contribution >= 4 is 5.82 Å². The van der Waals surface area contributed by atoms with Crippen LogP contribution in [0.3, 0.4) is 0 Å². The van der Waals surface area contributed by atoms with Crippen LogP contribution in [0.2, 0.25) is 0 Å². The molecule has 1 aromatic heterocycles. The first-order valence-corrected chi connectivity index (χ1v) is 6.08. The number of nitrogens with one attached hydrogen (secondary N) is 1. The lowest BCUT2D eigenvalue weighted by Crippen LogP contribution is -2.36. The third-order valence-electron chi connectivity index (χ3n) is 2.79. The van der Waals surface area contributed by atoms with Gasteiger partial charge in [-0.3, -0.25) is 0 Å². The molecule has 1 unspecified atom stereocenters. The molecule has 1 atom stereocenters. The molecule has 1 aliphatic heterocycles. The third kappa shape index (κ3) is 3.14. The van der Waals surface area contributed by atoms with Gasteiger partial charge in [0.2, 0.25) is 0 Å². The van der Waals surface area contributed by atoms with Crippen LogP contribution in [0.1, 0.15) is 24.5 Å². The lowest BCUT2D eigenvalue weighted by molar-refractivity contribution is -0.0254. The molecule has 5 heteroatoms. The Morgan fingerprint density at radius 2 is 2.35 bits per heavy atom. The molecule has 0 saturated carbocycles.